The van der Waals surface area contributed by atoms with Crippen LogP contribution in [0.3, 0.4) is 0 Å². The summed E-state index contributed by atoms with van der Waals surface area (Å²) in [6.45, 7) is 4.04. The maximum atomic E-state index is 13.7. The van der Waals surface area contributed by atoms with E-state index in [4.69, 9.17) is 0 Å². The topological polar surface area (TPSA) is 75.2 Å². The van der Waals surface area contributed by atoms with Gasteiger partial charge in [-0.1, -0.05) is 66.7 Å². The molecular formula is C25H28N4O2S. The number of para-hydroxylation sites is 1. The lowest BCUT2D eigenvalue weighted by atomic mass is 9.99. The number of nitrogens with one attached hydrogen (secondary N) is 1. The first kappa shape index (κ1) is 22.1. The lowest BCUT2D eigenvalue weighted by molar-refractivity contribution is -0.123. The number of amides is 2. The number of hydrogen-bond donors (Lipinski definition) is 1. The average Bonchev–Trinajstić information content (AvgIpc) is 3.52. The maximum absolute atomic E-state index is 13.7. The normalized spacial score (nSPS) is 14.8. The van der Waals surface area contributed by atoms with E-state index in [1.807, 2.05) is 55.5 Å². The standard InChI is InChI=1S/C25H28N4O2S/c1-3-18-12-14-19(15-13-18)23(24(30)26-20-9-5-6-10-20)29(22-11-7-4-8-17(22)2)25(31)21-16-32-28-27-21/h4,7-8,11-16,20,23H,3,5-6,9-10H2,1-2H3,(H,26,30)/t23-/m0/s1. The number of benzene rings is 2. The van der Waals surface area contributed by atoms with Crippen LogP contribution in [-0.2, 0) is 11.2 Å². The van der Waals surface area contributed by atoms with Crippen molar-refractivity contribution < 1.29 is 9.59 Å². The molecule has 1 fully saturated rings. The van der Waals surface area contributed by atoms with Gasteiger partial charge in [-0.25, -0.2) is 0 Å². The van der Waals surface area contributed by atoms with Crippen molar-refractivity contribution in [2.75, 3.05) is 4.90 Å². The Morgan fingerprint density at radius 2 is 1.84 bits per heavy atom. The summed E-state index contributed by atoms with van der Waals surface area (Å²) in [5.41, 5.74) is 3.80. The number of aromatic nitrogens is 2. The van der Waals surface area contributed by atoms with E-state index in [9.17, 15) is 9.59 Å². The van der Waals surface area contributed by atoms with E-state index in [2.05, 4.69) is 21.8 Å². The van der Waals surface area contributed by atoms with Gasteiger partial charge in [-0.15, -0.1) is 5.10 Å². The number of carbonyl (C=O) groups is 2. The predicted octanol–water partition coefficient (Wildman–Crippen LogP) is 4.86. The van der Waals surface area contributed by atoms with E-state index < -0.39 is 6.04 Å². The van der Waals surface area contributed by atoms with Gasteiger partial charge in [-0.2, -0.15) is 0 Å². The Balaban J connectivity index is 1.81. The second-order valence-corrected chi connectivity index (χ2v) is 8.85. The summed E-state index contributed by atoms with van der Waals surface area (Å²) in [7, 11) is 0. The predicted molar refractivity (Wildman–Crippen MR) is 127 cm³/mol. The van der Waals surface area contributed by atoms with Gasteiger partial charge in [-0.3, -0.25) is 14.5 Å². The number of carbonyl (C=O) groups excluding carboxylic acids is 2. The van der Waals surface area contributed by atoms with Crippen molar-refractivity contribution >= 4 is 29.0 Å². The van der Waals surface area contributed by atoms with Crippen LogP contribution in [0.4, 0.5) is 5.69 Å². The minimum absolute atomic E-state index is 0.148. The fourth-order valence-electron chi connectivity index (χ4n) is 4.28. The van der Waals surface area contributed by atoms with Gasteiger partial charge in [0.1, 0.15) is 6.04 Å². The molecule has 6 nitrogen and oxygen atoms in total. The fraction of sp³-hybridized carbons (Fsp3) is 0.360. The zero-order valence-corrected chi connectivity index (χ0v) is 19.3. The smallest absolute Gasteiger partial charge is 0.280 e. The fourth-order valence-corrected chi connectivity index (χ4v) is 4.71. The third kappa shape index (κ3) is 4.72. The third-order valence-corrected chi connectivity index (χ3v) is 6.59. The van der Waals surface area contributed by atoms with Gasteiger partial charge < -0.3 is 5.32 Å². The summed E-state index contributed by atoms with van der Waals surface area (Å²) < 4.78 is 3.87. The van der Waals surface area contributed by atoms with Crippen LogP contribution in [0.25, 0.3) is 0 Å². The Labute approximate surface area is 192 Å². The summed E-state index contributed by atoms with van der Waals surface area (Å²) in [4.78, 5) is 29.0. The van der Waals surface area contributed by atoms with Gasteiger partial charge >= 0.3 is 0 Å². The van der Waals surface area contributed by atoms with Crippen molar-refractivity contribution in [1.29, 1.82) is 0 Å². The quantitative estimate of drug-likeness (QED) is 0.560. The van der Waals surface area contributed by atoms with Gasteiger partial charge in [0.15, 0.2) is 5.69 Å². The lowest BCUT2D eigenvalue weighted by Gasteiger charge is -2.33. The highest BCUT2D eigenvalue weighted by Gasteiger charge is 2.36. The van der Waals surface area contributed by atoms with Gasteiger partial charge in [0.25, 0.3) is 5.91 Å². The van der Waals surface area contributed by atoms with E-state index in [0.29, 0.717) is 5.69 Å². The molecule has 0 radical (unpaired) electrons. The third-order valence-electron chi connectivity index (χ3n) is 6.08. The van der Waals surface area contributed by atoms with E-state index in [1.54, 1.807) is 10.3 Å². The molecule has 166 valence electrons. The molecule has 2 aromatic carbocycles. The van der Waals surface area contributed by atoms with Gasteiger partial charge in [0.2, 0.25) is 5.91 Å². The Morgan fingerprint density at radius 1 is 1.12 bits per heavy atom. The average molecular weight is 449 g/mol. The molecule has 1 aliphatic carbocycles. The summed E-state index contributed by atoms with van der Waals surface area (Å²) in [6, 6.07) is 14.9. The molecule has 1 N–H and O–H groups in total. The van der Waals surface area contributed by atoms with E-state index >= 15 is 0 Å². The molecule has 1 aromatic heterocycles. The van der Waals surface area contributed by atoms with Crippen LogP contribution in [0.15, 0.2) is 53.9 Å². The summed E-state index contributed by atoms with van der Waals surface area (Å²) in [5, 5.41) is 8.84. The zero-order valence-electron chi connectivity index (χ0n) is 18.5. The molecule has 0 bridgehead atoms. The van der Waals surface area contributed by atoms with E-state index in [1.165, 1.54) is 5.56 Å². The molecule has 0 saturated heterocycles. The second-order valence-electron chi connectivity index (χ2n) is 8.24. The van der Waals surface area contributed by atoms with Crippen molar-refractivity contribution in [1.82, 2.24) is 14.9 Å². The number of rotatable bonds is 7. The van der Waals surface area contributed by atoms with Crippen molar-refractivity contribution in [2.45, 2.75) is 58.0 Å². The molecule has 3 aromatic rings. The molecule has 4 rings (SSSR count). The van der Waals surface area contributed by atoms with Crippen LogP contribution < -0.4 is 10.2 Å². The molecule has 1 atom stereocenters. The number of aryl methyl sites for hydroxylation is 2. The van der Waals surface area contributed by atoms with Crippen LogP contribution >= 0.6 is 11.5 Å². The molecule has 1 heterocycles. The maximum Gasteiger partial charge on any atom is 0.280 e. The Hall–Kier alpha value is -3.06. The number of anilines is 1. The largest absolute Gasteiger partial charge is 0.351 e. The molecule has 0 unspecified atom stereocenters. The van der Waals surface area contributed by atoms with Crippen LogP contribution in [0.1, 0.15) is 65.8 Å². The molecular weight excluding hydrogens is 420 g/mol. The van der Waals surface area contributed by atoms with Crippen molar-refractivity contribution in [2.24, 2.45) is 0 Å². The first-order valence-electron chi connectivity index (χ1n) is 11.1. The summed E-state index contributed by atoms with van der Waals surface area (Å²) >= 11 is 1.12. The molecule has 1 saturated carbocycles. The van der Waals surface area contributed by atoms with Crippen molar-refractivity contribution in [3.8, 4) is 0 Å². The van der Waals surface area contributed by atoms with Crippen LogP contribution in [0.2, 0.25) is 0 Å². The minimum atomic E-state index is -0.809. The Morgan fingerprint density at radius 3 is 2.47 bits per heavy atom. The zero-order chi connectivity index (χ0) is 22.5. The number of nitrogens with zero attached hydrogens (tertiary/aromatic N) is 3. The first-order chi connectivity index (χ1) is 15.6. The summed E-state index contributed by atoms with van der Waals surface area (Å²) in [5.74, 6) is -0.500. The van der Waals surface area contributed by atoms with Gasteiger partial charge in [-0.05, 0) is 60.5 Å². The molecule has 0 spiro atoms. The van der Waals surface area contributed by atoms with Crippen LogP contribution in [0.5, 0.6) is 0 Å². The molecule has 0 aliphatic heterocycles. The summed E-state index contributed by atoms with van der Waals surface area (Å²) in [6.07, 6.45) is 5.09. The highest BCUT2D eigenvalue weighted by molar-refractivity contribution is 7.03. The molecule has 1 aliphatic rings. The van der Waals surface area contributed by atoms with Crippen molar-refractivity contribution in [3.63, 3.8) is 0 Å². The van der Waals surface area contributed by atoms with Crippen LogP contribution in [-0.4, -0.2) is 27.4 Å². The highest BCUT2D eigenvalue weighted by atomic mass is 32.1. The van der Waals surface area contributed by atoms with Crippen LogP contribution in [0, 0.1) is 6.92 Å². The SMILES string of the molecule is CCc1ccc([C@@H](C(=O)NC2CCCC2)N(C(=O)c2csnn2)c2ccccc2C)cc1. The molecule has 32 heavy (non-hydrogen) atoms. The molecule has 2 amide bonds. The highest BCUT2D eigenvalue weighted by Crippen LogP contribution is 2.32. The van der Waals surface area contributed by atoms with E-state index in [0.717, 1.165) is 54.8 Å². The Bertz CT molecular complexity index is 1060. The van der Waals surface area contributed by atoms with Gasteiger partial charge in [0.05, 0.1) is 0 Å². The van der Waals surface area contributed by atoms with Crippen molar-refractivity contribution in [3.05, 3.63) is 76.3 Å². The molecule has 7 heteroatoms. The minimum Gasteiger partial charge on any atom is -0.351 e. The lowest BCUT2D eigenvalue weighted by Crippen LogP contribution is -2.46. The monoisotopic (exact) mass is 448 g/mol. The van der Waals surface area contributed by atoms with E-state index in [-0.39, 0.29) is 23.6 Å². The van der Waals surface area contributed by atoms with Gasteiger partial charge in [0, 0.05) is 17.1 Å². The second kappa shape index (κ2) is 10.0. The Kier molecular flexibility index (Phi) is 6.95. The first-order valence-corrected chi connectivity index (χ1v) is 12.0. The number of hydrogen-bond acceptors (Lipinski definition) is 5.